The Balaban J connectivity index is 2.08. The Morgan fingerprint density at radius 1 is 1.21 bits per heavy atom. The molecule has 5 nitrogen and oxygen atoms in total. The topological polar surface area (TPSA) is 72.9 Å². The number of halogens is 2. The molecule has 0 aliphatic carbocycles. The van der Waals surface area contributed by atoms with Crippen LogP contribution in [0.4, 0.5) is 0 Å². The zero-order valence-electron chi connectivity index (χ0n) is 13.0. The van der Waals surface area contributed by atoms with E-state index in [1.54, 1.807) is 16.7 Å². The van der Waals surface area contributed by atoms with Crippen LogP contribution in [0.3, 0.4) is 0 Å². The van der Waals surface area contributed by atoms with E-state index in [0.717, 1.165) is 16.9 Å². The maximum atomic E-state index is 11.8. The average Bonchev–Trinajstić information content (AvgIpc) is 2.87. The molecule has 3 N–H and O–H groups in total. The lowest BCUT2D eigenvalue weighted by molar-refractivity contribution is -0.121. The van der Waals surface area contributed by atoms with E-state index in [1.165, 1.54) is 5.56 Å². The number of hydrazine groups is 1. The van der Waals surface area contributed by atoms with E-state index < -0.39 is 0 Å². The lowest BCUT2D eigenvalue weighted by Gasteiger charge is -2.09. The van der Waals surface area contributed by atoms with Gasteiger partial charge in [0.1, 0.15) is 12.4 Å². The van der Waals surface area contributed by atoms with Crippen molar-refractivity contribution in [2.45, 2.75) is 19.9 Å². The molecule has 2 aromatic carbocycles. The molecule has 1 aromatic heterocycles. The Hall–Kier alpha value is -2.08. The van der Waals surface area contributed by atoms with Crippen LogP contribution >= 0.6 is 23.2 Å². The molecule has 0 radical (unpaired) electrons. The number of amides is 1. The van der Waals surface area contributed by atoms with Gasteiger partial charge in [-0.2, -0.15) is 0 Å². The molecule has 0 spiro atoms. The molecule has 7 heteroatoms. The first-order valence-corrected chi connectivity index (χ1v) is 8.12. The highest BCUT2D eigenvalue weighted by molar-refractivity contribution is 6.42. The number of rotatable bonds is 4. The molecule has 0 saturated carbocycles. The third-order valence-corrected chi connectivity index (χ3v) is 4.54. The fourth-order valence-corrected chi connectivity index (χ4v) is 2.87. The SMILES string of the molecule is Cc1ccc(Cc2nc3cc(Cl)c(Cl)cc3n2CC(=O)NN)cc1. The number of nitrogens with zero attached hydrogens (tertiary/aromatic N) is 2. The number of fused-ring (bicyclic) bond motifs is 1. The summed E-state index contributed by atoms with van der Waals surface area (Å²) in [6, 6.07) is 11.6. The lowest BCUT2D eigenvalue weighted by Crippen LogP contribution is -2.33. The monoisotopic (exact) mass is 362 g/mol. The van der Waals surface area contributed by atoms with Crippen LogP contribution in [-0.4, -0.2) is 15.5 Å². The minimum atomic E-state index is -0.314. The van der Waals surface area contributed by atoms with Crippen LogP contribution < -0.4 is 11.3 Å². The highest BCUT2D eigenvalue weighted by Crippen LogP contribution is 2.29. The maximum absolute atomic E-state index is 11.8. The molecule has 3 aromatic rings. The standard InChI is InChI=1S/C17H16Cl2N4O/c1-10-2-4-11(5-3-10)6-16-21-14-7-12(18)13(19)8-15(14)23(16)9-17(24)22-20/h2-5,7-8H,6,9,20H2,1H3,(H,22,24). The Labute approximate surface area is 149 Å². The zero-order valence-corrected chi connectivity index (χ0v) is 14.5. The molecule has 0 aliphatic heterocycles. The Morgan fingerprint density at radius 2 is 1.88 bits per heavy atom. The average molecular weight is 363 g/mol. The molecule has 0 unspecified atom stereocenters. The quantitative estimate of drug-likeness (QED) is 0.425. The predicted octanol–water partition coefficient (Wildman–Crippen LogP) is 3.23. The van der Waals surface area contributed by atoms with Gasteiger partial charge in [-0.25, -0.2) is 10.8 Å². The van der Waals surface area contributed by atoms with Crippen LogP contribution in [-0.2, 0) is 17.8 Å². The number of imidazole rings is 1. The third kappa shape index (κ3) is 3.38. The molecule has 24 heavy (non-hydrogen) atoms. The number of carbonyl (C=O) groups excluding carboxylic acids is 1. The first-order valence-electron chi connectivity index (χ1n) is 7.37. The molecule has 0 atom stereocenters. The van der Waals surface area contributed by atoms with Crippen molar-refractivity contribution in [1.82, 2.24) is 15.0 Å². The summed E-state index contributed by atoms with van der Waals surface area (Å²) < 4.78 is 1.81. The fourth-order valence-electron chi connectivity index (χ4n) is 2.56. The number of nitrogens with two attached hydrogens (primary N) is 1. The molecule has 0 fully saturated rings. The number of hydrogen-bond acceptors (Lipinski definition) is 3. The summed E-state index contributed by atoms with van der Waals surface area (Å²) in [5.74, 6) is 5.66. The first kappa shape index (κ1) is 16.8. The van der Waals surface area contributed by atoms with Crippen LogP contribution in [0.15, 0.2) is 36.4 Å². The van der Waals surface area contributed by atoms with E-state index in [9.17, 15) is 4.79 Å². The van der Waals surface area contributed by atoms with Crippen molar-refractivity contribution >= 4 is 40.1 Å². The maximum Gasteiger partial charge on any atom is 0.253 e. The van der Waals surface area contributed by atoms with Crippen molar-refractivity contribution < 1.29 is 4.79 Å². The molecular formula is C17H16Cl2N4O. The van der Waals surface area contributed by atoms with Gasteiger partial charge in [-0.15, -0.1) is 0 Å². The Morgan fingerprint density at radius 3 is 2.54 bits per heavy atom. The van der Waals surface area contributed by atoms with Crippen molar-refractivity contribution in [1.29, 1.82) is 0 Å². The number of nitrogens with one attached hydrogen (secondary N) is 1. The van der Waals surface area contributed by atoms with Gasteiger partial charge in [0.05, 0.1) is 21.1 Å². The van der Waals surface area contributed by atoms with Gasteiger partial charge in [0.2, 0.25) is 0 Å². The van der Waals surface area contributed by atoms with Gasteiger partial charge in [-0.1, -0.05) is 53.0 Å². The largest absolute Gasteiger partial charge is 0.318 e. The van der Waals surface area contributed by atoms with Crippen molar-refractivity contribution in [3.8, 4) is 0 Å². The molecule has 124 valence electrons. The van der Waals surface area contributed by atoms with Gasteiger partial charge in [-0.3, -0.25) is 10.2 Å². The fraction of sp³-hybridized carbons (Fsp3) is 0.176. The van der Waals surface area contributed by atoms with Crippen LogP contribution in [0.1, 0.15) is 17.0 Å². The molecule has 3 rings (SSSR count). The summed E-state index contributed by atoms with van der Waals surface area (Å²) in [7, 11) is 0. The van der Waals surface area contributed by atoms with Gasteiger partial charge in [0.15, 0.2) is 0 Å². The van der Waals surface area contributed by atoms with Crippen molar-refractivity contribution in [3.63, 3.8) is 0 Å². The van der Waals surface area contributed by atoms with E-state index in [-0.39, 0.29) is 12.5 Å². The van der Waals surface area contributed by atoms with Gasteiger partial charge in [-0.05, 0) is 24.6 Å². The molecule has 0 bridgehead atoms. The van der Waals surface area contributed by atoms with E-state index in [2.05, 4.69) is 10.4 Å². The van der Waals surface area contributed by atoms with E-state index in [0.29, 0.717) is 22.0 Å². The van der Waals surface area contributed by atoms with Crippen LogP contribution in [0, 0.1) is 6.92 Å². The molecule has 0 saturated heterocycles. The highest BCUT2D eigenvalue weighted by Gasteiger charge is 2.15. The van der Waals surface area contributed by atoms with Gasteiger partial charge in [0, 0.05) is 6.42 Å². The summed E-state index contributed by atoms with van der Waals surface area (Å²) in [5.41, 5.74) is 5.87. The normalized spacial score (nSPS) is 11.0. The van der Waals surface area contributed by atoms with Crippen molar-refractivity contribution in [3.05, 3.63) is 63.4 Å². The van der Waals surface area contributed by atoms with E-state index in [1.807, 2.05) is 31.2 Å². The smallest absolute Gasteiger partial charge is 0.253 e. The number of carbonyl (C=O) groups is 1. The second-order valence-electron chi connectivity index (χ2n) is 5.60. The van der Waals surface area contributed by atoms with Crippen LogP contribution in [0.2, 0.25) is 10.0 Å². The lowest BCUT2D eigenvalue weighted by atomic mass is 10.1. The second kappa shape index (κ2) is 6.81. The highest BCUT2D eigenvalue weighted by atomic mass is 35.5. The van der Waals surface area contributed by atoms with Crippen molar-refractivity contribution in [2.24, 2.45) is 5.84 Å². The number of aryl methyl sites for hydroxylation is 1. The van der Waals surface area contributed by atoms with Gasteiger partial charge in [0.25, 0.3) is 5.91 Å². The summed E-state index contributed by atoms with van der Waals surface area (Å²) in [4.78, 5) is 16.4. The Bertz CT molecular complexity index is 903. The second-order valence-corrected chi connectivity index (χ2v) is 6.41. The molecule has 1 amide bonds. The van der Waals surface area contributed by atoms with Crippen LogP contribution in [0.5, 0.6) is 0 Å². The first-order chi connectivity index (χ1) is 11.5. The van der Waals surface area contributed by atoms with Gasteiger partial charge < -0.3 is 4.57 Å². The molecule has 1 heterocycles. The van der Waals surface area contributed by atoms with Crippen molar-refractivity contribution in [2.75, 3.05) is 0 Å². The number of benzene rings is 2. The third-order valence-electron chi connectivity index (χ3n) is 3.81. The summed E-state index contributed by atoms with van der Waals surface area (Å²) in [6.07, 6.45) is 0.585. The Kier molecular flexibility index (Phi) is 4.76. The van der Waals surface area contributed by atoms with E-state index in [4.69, 9.17) is 29.0 Å². The predicted molar refractivity (Wildman–Crippen MR) is 96.1 cm³/mol. The summed E-state index contributed by atoms with van der Waals surface area (Å²) in [6.45, 7) is 2.10. The summed E-state index contributed by atoms with van der Waals surface area (Å²) >= 11 is 12.2. The number of hydrogen-bond donors (Lipinski definition) is 2. The summed E-state index contributed by atoms with van der Waals surface area (Å²) in [5, 5.41) is 0.847. The number of aromatic nitrogens is 2. The molecular weight excluding hydrogens is 347 g/mol. The zero-order chi connectivity index (χ0) is 17.3. The minimum absolute atomic E-state index is 0.0617. The molecule has 0 aliphatic rings. The van der Waals surface area contributed by atoms with Crippen LogP contribution in [0.25, 0.3) is 11.0 Å². The minimum Gasteiger partial charge on any atom is -0.318 e. The van der Waals surface area contributed by atoms with Gasteiger partial charge >= 0.3 is 0 Å². The van der Waals surface area contributed by atoms with E-state index >= 15 is 0 Å².